The standard InChI is InChI=1S/C20H22N2O6/c1-2-26-16-8-10-17(11-9-16)27-14-19(24)28-13-18(23)22-20(25)21-12-15-6-4-3-5-7-15/h3-11H,2,12-14H2,1H3,(H2,21,22,23,25). The van der Waals surface area contributed by atoms with Gasteiger partial charge in [0.25, 0.3) is 5.91 Å². The minimum absolute atomic E-state index is 0.273. The number of rotatable bonds is 9. The number of carbonyl (C=O) groups excluding carboxylic acids is 3. The molecule has 0 spiro atoms. The first-order valence-electron chi connectivity index (χ1n) is 8.69. The molecule has 0 saturated carbocycles. The van der Waals surface area contributed by atoms with E-state index in [-0.39, 0.29) is 13.2 Å². The van der Waals surface area contributed by atoms with Gasteiger partial charge in [-0.05, 0) is 36.8 Å². The van der Waals surface area contributed by atoms with Gasteiger partial charge in [-0.15, -0.1) is 0 Å². The molecule has 0 aliphatic carbocycles. The Morgan fingerprint density at radius 2 is 1.50 bits per heavy atom. The molecule has 0 aliphatic rings. The second kappa shape index (κ2) is 11.2. The van der Waals surface area contributed by atoms with Crippen LogP contribution in [0.4, 0.5) is 4.79 Å². The average molecular weight is 386 g/mol. The summed E-state index contributed by atoms with van der Waals surface area (Å²) in [4.78, 5) is 34.9. The number of esters is 1. The molecule has 0 unspecified atom stereocenters. The van der Waals surface area contributed by atoms with Crippen LogP contribution in [-0.4, -0.2) is 37.7 Å². The van der Waals surface area contributed by atoms with Gasteiger partial charge in [-0.2, -0.15) is 0 Å². The molecule has 28 heavy (non-hydrogen) atoms. The van der Waals surface area contributed by atoms with Gasteiger partial charge in [0.1, 0.15) is 11.5 Å². The Balaban J connectivity index is 1.62. The van der Waals surface area contributed by atoms with E-state index < -0.39 is 24.5 Å². The monoisotopic (exact) mass is 386 g/mol. The molecule has 0 atom stereocenters. The van der Waals surface area contributed by atoms with Crippen molar-refractivity contribution in [2.75, 3.05) is 19.8 Å². The van der Waals surface area contributed by atoms with Crippen molar-refractivity contribution in [3.8, 4) is 11.5 Å². The van der Waals surface area contributed by atoms with Crippen LogP contribution in [0.5, 0.6) is 11.5 Å². The normalized spacial score (nSPS) is 9.89. The number of nitrogens with one attached hydrogen (secondary N) is 2. The highest BCUT2D eigenvalue weighted by Crippen LogP contribution is 2.17. The van der Waals surface area contributed by atoms with Gasteiger partial charge in [-0.1, -0.05) is 30.3 Å². The number of carbonyl (C=O) groups is 3. The van der Waals surface area contributed by atoms with Crippen molar-refractivity contribution in [3.63, 3.8) is 0 Å². The fourth-order valence-electron chi connectivity index (χ4n) is 2.11. The van der Waals surface area contributed by atoms with Crippen LogP contribution in [0.1, 0.15) is 12.5 Å². The third-order valence-corrected chi connectivity index (χ3v) is 3.40. The highest BCUT2D eigenvalue weighted by Gasteiger charge is 2.11. The van der Waals surface area contributed by atoms with Crippen molar-refractivity contribution in [1.29, 1.82) is 0 Å². The number of imide groups is 1. The van der Waals surface area contributed by atoms with Crippen LogP contribution >= 0.6 is 0 Å². The number of hydrogen-bond donors (Lipinski definition) is 2. The minimum atomic E-state index is -0.736. The number of hydrogen-bond acceptors (Lipinski definition) is 6. The summed E-state index contributed by atoms with van der Waals surface area (Å²) in [5.41, 5.74) is 0.892. The molecule has 8 nitrogen and oxygen atoms in total. The lowest BCUT2D eigenvalue weighted by Crippen LogP contribution is -2.41. The molecule has 0 saturated heterocycles. The van der Waals surface area contributed by atoms with Gasteiger partial charge in [0.05, 0.1) is 6.61 Å². The summed E-state index contributed by atoms with van der Waals surface area (Å²) in [6, 6.07) is 15.3. The quantitative estimate of drug-likeness (QED) is 0.640. The molecule has 2 aromatic carbocycles. The molecular formula is C20H22N2O6. The lowest BCUT2D eigenvalue weighted by atomic mass is 10.2. The molecule has 2 N–H and O–H groups in total. The first-order valence-corrected chi connectivity index (χ1v) is 8.69. The summed E-state index contributed by atoms with van der Waals surface area (Å²) in [5.74, 6) is -0.307. The maximum absolute atomic E-state index is 11.6. The fourth-order valence-corrected chi connectivity index (χ4v) is 2.11. The van der Waals surface area contributed by atoms with Crippen molar-refractivity contribution in [2.24, 2.45) is 0 Å². The minimum Gasteiger partial charge on any atom is -0.494 e. The van der Waals surface area contributed by atoms with E-state index in [2.05, 4.69) is 10.6 Å². The number of benzene rings is 2. The van der Waals surface area contributed by atoms with Gasteiger partial charge < -0.3 is 19.5 Å². The summed E-state index contributed by atoms with van der Waals surface area (Å²) >= 11 is 0. The summed E-state index contributed by atoms with van der Waals surface area (Å²) in [6.07, 6.45) is 0. The van der Waals surface area contributed by atoms with Crippen LogP contribution in [-0.2, 0) is 20.9 Å². The molecule has 0 aliphatic heterocycles. The van der Waals surface area contributed by atoms with E-state index in [1.807, 2.05) is 37.3 Å². The van der Waals surface area contributed by atoms with E-state index in [1.54, 1.807) is 24.3 Å². The van der Waals surface area contributed by atoms with E-state index in [9.17, 15) is 14.4 Å². The molecule has 0 radical (unpaired) electrons. The Kier molecular flexibility index (Phi) is 8.32. The molecule has 148 valence electrons. The molecule has 0 heterocycles. The van der Waals surface area contributed by atoms with Gasteiger partial charge in [0.2, 0.25) is 0 Å². The molecule has 0 aromatic heterocycles. The Bertz CT molecular complexity index is 777. The molecule has 0 bridgehead atoms. The summed E-state index contributed by atoms with van der Waals surface area (Å²) in [6.45, 7) is 1.77. The lowest BCUT2D eigenvalue weighted by molar-refractivity contribution is -0.150. The molecule has 8 heteroatoms. The van der Waals surface area contributed by atoms with Crippen molar-refractivity contribution in [3.05, 3.63) is 60.2 Å². The van der Waals surface area contributed by atoms with Crippen molar-refractivity contribution >= 4 is 17.9 Å². The van der Waals surface area contributed by atoms with Gasteiger partial charge in [0, 0.05) is 6.54 Å². The van der Waals surface area contributed by atoms with E-state index in [0.717, 1.165) is 5.56 Å². The zero-order valence-electron chi connectivity index (χ0n) is 15.5. The van der Waals surface area contributed by atoms with Gasteiger partial charge in [0.15, 0.2) is 13.2 Å². The Labute approximate surface area is 162 Å². The molecule has 2 aromatic rings. The van der Waals surface area contributed by atoms with Crippen LogP contribution in [0.15, 0.2) is 54.6 Å². The van der Waals surface area contributed by atoms with Crippen molar-refractivity contribution in [1.82, 2.24) is 10.6 Å². The van der Waals surface area contributed by atoms with E-state index in [4.69, 9.17) is 14.2 Å². The van der Waals surface area contributed by atoms with Crippen LogP contribution in [0.3, 0.4) is 0 Å². The first-order chi connectivity index (χ1) is 13.6. The second-order valence-corrected chi connectivity index (χ2v) is 5.57. The largest absolute Gasteiger partial charge is 0.494 e. The maximum atomic E-state index is 11.6. The summed E-state index contributed by atoms with van der Waals surface area (Å²) in [7, 11) is 0. The van der Waals surface area contributed by atoms with Gasteiger partial charge in [-0.3, -0.25) is 10.1 Å². The Hall–Kier alpha value is -3.55. The zero-order chi connectivity index (χ0) is 20.2. The van der Waals surface area contributed by atoms with E-state index in [0.29, 0.717) is 18.1 Å². The summed E-state index contributed by atoms with van der Waals surface area (Å²) in [5, 5.41) is 4.61. The predicted molar refractivity (Wildman–Crippen MR) is 101 cm³/mol. The Morgan fingerprint density at radius 3 is 2.14 bits per heavy atom. The van der Waals surface area contributed by atoms with Crippen molar-refractivity contribution in [2.45, 2.75) is 13.5 Å². The van der Waals surface area contributed by atoms with Gasteiger partial charge >= 0.3 is 12.0 Å². The van der Waals surface area contributed by atoms with Crippen LogP contribution < -0.4 is 20.1 Å². The molecule has 2 rings (SSSR count). The number of amides is 3. The average Bonchev–Trinajstić information content (AvgIpc) is 2.71. The van der Waals surface area contributed by atoms with Gasteiger partial charge in [-0.25, -0.2) is 9.59 Å². The van der Waals surface area contributed by atoms with E-state index >= 15 is 0 Å². The smallest absolute Gasteiger partial charge is 0.344 e. The van der Waals surface area contributed by atoms with Crippen LogP contribution in [0.25, 0.3) is 0 Å². The first kappa shape index (κ1) is 20.8. The van der Waals surface area contributed by atoms with E-state index in [1.165, 1.54) is 0 Å². The molecular weight excluding hydrogens is 364 g/mol. The predicted octanol–water partition coefficient (Wildman–Crippen LogP) is 2.03. The highest BCUT2D eigenvalue weighted by atomic mass is 16.6. The topological polar surface area (TPSA) is 103 Å². The maximum Gasteiger partial charge on any atom is 0.344 e. The Morgan fingerprint density at radius 1 is 0.857 bits per heavy atom. The third-order valence-electron chi connectivity index (χ3n) is 3.40. The highest BCUT2D eigenvalue weighted by molar-refractivity contribution is 5.95. The number of ether oxygens (including phenoxy) is 3. The molecule has 3 amide bonds. The fraction of sp³-hybridized carbons (Fsp3) is 0.250. The van der Waals surface area contributed by atoms with Crippen LogP contribution in [0.2, 0.25) is 0 Å². The third kappa shape index (κ3) is 7.77. The summed E-state index contributed by atoms with van der Waals surface area (Å²) < 4.78 is 15.3. The molecule has 0 fully saturated rings. The van der Waals surface area contributed by atoms with Crippen molar-refractivity contribution < 1.29 is 28.6 Å². The number of urea groups is 1. The second-order valence-electron chi connectivity index (χ2n) is 5.57. The SMILES string of the molecule is CCOc1ccc(OCC(=O)OCC(=O)NC(=O)NCc2ccccc2)cc1. The lowest BCUT2D eigenvalue weighted by Gasteiger charge is -2.09. The zero-order valence-corrected chi connectivity index (χ0v) is 15.5. The van der Waals surface area contributed by atoms with Crippen LogP contribution in [0, 0.1) is 0 Å².